The molecule has 0 saturated carbocycles. The van der Waals surface area contributed by atoms with Gasteiger partial charge in [0.15, 0.2) is 0 Å². The van der Waals surface area contributed by atoms with Gasteiger partial charge in [-0.05, 0) is 12.8 Å². The summed E-state index contributed by atoms with van der Waals surface area (Å²) in [4.78, 5) is 23.0. The van der Waals surface area contributed by atoms with Gasteiger partial charge in [0.05, 0.1) is 38.3 Å². The van der Waals surface area contributed by atoms with Gasteiger partial charge in [-0.2, -0.15) is 0 Å². The highest BCUT2D eigenvalue weighted by molar-refractivity contribution is 5.84. The Kier molecular flexibility index (Phi) is 2.65. The summed E-state index contributed by atoms with van der Waals surface area (Å²) in [5, 5.41) is 0. The molecular formula is C10H14O5. The molecule has 0 aromatic carbocycles. The maximum atomic E-state index is 11.5. The highest BCUT2D eigenvalue weighted by atomic mass is 16.6. The van der Waals surface area contributed by atoms with Crippen molar-refractivity contribution in [3.63, 3.8) is 0 Å². The zero-order valence-electron chi connectivity index (χ0n) is 8.76. The average Bonchev–Trinajstić information content (AvgIpc) is 2.86. The summed E-state index contributed by atoms with van der Waals surface area (Å²) in [6.45, 7) is 0. The fraction of sp³-hybridized carbons (Fsp3) is 0.800. The van der Waals surface area contributed by atoms with Gasteiger partial charge in [-0.25, -0.2) is 0 Å². The Morgan fingerprint density at radius 2 is 1.40 bits per heavy atom. The molecule has 0 N–H and O–H groups in total. The van der Waals surface area contributed by atoms with E-state index in [1.165, 1.54) is 14.2 Å². The van der Waals surface area contributed by atoms with Crippen molar-refractivity contribution in [1.82, 2.24) is 0 Å². The first kappa shape index (κ1) is 10.4. The smallest absolute Gasteiger partial charge is 0.312 e. The molecule has 0 spiro atoms. The predicted molar refractivity (Wildman–Crippen MR) is 48.9 cm³/mol. The average molecular weight is 214 g/mol. The highest BCUT2D eigenvalue weighted by Gasteiger charge is 2.56. The minimum atomic E-state index is -0.485. The molecule has 2 heterocycles. The van der Waals surface area contributed by atoms with Crippen molar-refractivity contribution >= 4 is 11.9 Å². The fourth-order valence-electron chi connectivity index (χ4n) is 2.55. The van der Waals surface area contributed by atoms with Gasteiger partial charge >= 0.3 is 11.9 Å². The van der Waals surface area contributed by atoms with Crippen molar-refractivity contribution in [3.05, 3.63) is 0 Å². The first-order chi connectivity index (χ1) is 7.19. The molecule has 0 amide bonds. The van der Waals surface area contributed by atoms with Crippen LogP contribution in [0.2, 0.25) is 0 Å². The number of fused-ring (bicyclic) bond motifs is 2. The van der Waals surface area contributed by atoms with Crippen molar-refractivity contribution in [3.8, 4) is 0 Å². The van der Waals surface area contributed by atoms with Gasteiger partial charge in [-0.1, -0.05) is 0 Å². The number of carbonyl (C=O) groups is 2. The molecule has 2 aliphatic heterocycles. The van der Waals surface area contributed by atoms with Crippen LogP contribution in [-0.4, -0.2) is 38.4 Å². The number of esters is 2. The van der Waals surface area contributed by atoms with Gasteiger partial charge in [0.1, 0.15) is 0 Å². The monoisotopic (exact) mass is 214 g/mol. The van der Waals surface area contributed by atoms with Crippen LogP contribution in [0.4, 0.5) is 0 Å². The Morgan fingerprint density at radius 1 is 1.00 bits per heavy atom. The van der Waals surface area contributed by atoms with E-state index in [1.807, 2.05) is 0 Å². The van der Waals surface area contributed by atoms with E-state index in [9.17, 15) is 9.59 Å². The summed E-state index contributed by atoms with van der Waals surface area (Å²) in [5.74, 6) is -1.72. The Bertz CT molecular complexity index is 260. The largest absolute Gasteiger partial charge is 0.469 e. The third-order valence-electron chi connectivity index (χ3n) is 3.22. The molecule has 5 heteroatoms. The van der Waals surface area contributed by atoms with Gasteiger partial charge < -0.3 is 14.2 Å². The Morgan fingerprint density at radius 3 is 1.73 bits per heavy atom. The van der Waals surface area contributed by atoms with Crippen LogP contribution >= 0.6 is 0 Å². The van der Waals surface area contributed by atoms with Crippen molar-refractivity contribution in [1.29, 1.82) is 0 Å². The molecular weight excluding hydrogens is 200 g/mol. The first-order valence-corrected chi connectivity index (χ1v) is 5.00. The topological polar surface area (TPSA) is 61.8 Å². The zero-order valence-corrected chi connectivity index (χ0v) is 8.76. The molecule has 84 valence electrons. The lowest BCUT2D eigenvalue weighted by Crippen LogP contribution is -2.39. The Hall–Kier alpha value is -1.10. The Labute approximate surface area is 87.7 Å². The molecule has 2 aliphatic rings. The second kappa shape index (κ2) is 3.81. The summed E-state index contributed by atoms with van der Waals surface area (Å²) in [6.07, 6.45) is 1.29. The number of hydrogen-bond acceptors (Lipinski definition) is 5. The Balaban J connectivity index is 2.19. The maximum Gasteiger partial charge on any atom is 0.312 e. The number of carbonyl (C=O) groups excluding carboxylic acids is 2. The molecule has 0 unspecified atom stereocenters. The molecule has 2 bridgehead atoms. The summed E-state index contributed by atoms with van der Waals surface area (Å²) >= 11 is 0. The SMILES string of the molecule is COC(=O)[C@H]1[C@H](C(=O)OC)[C@H]2CC[C@@H]1O2. The molecule has 15 heavy (non-hydrogen) atoms. The minimum absolute atomic E-state index is 0.174. The van der Waals surface area contributed by atoms with Crippen LogP contribution in [0.1, 0.15) is 12.8 Å². The van der Waals surface area contributed by atoms with Gasteiger partial charge in [0, 0.05) is 0 Å². The molecule has 2 fully saturated rings. The molecule has 0 aromatic rings. The van der Waals surface area contributed by atoms with E-state index in [0.29, 0.717) is 0 Å². The van der Waals surface area contributed by atoms with E-state index in [0.717, 1.165) is 12.8 Å². The molecule has 0 aromatic heterocycles. The number of hydrogen-bond donors (Lipinski definition) is 0. The third kappa shape index (κ3) is 1.51. The number of ether oxygens (including phenoxy) is 3. The van der Waals surface area contributed by atoms with Crippen molar-refractivity contribution < 1.29 is 23.8 Å². The van der Waals surface area contributed by atoms with Crippen LogP contribution in [0.3, 0.4) is 0 Å². The van der Waals surface area contributed by atoms with E-state index in [1.54, 1.807) is 0 Å². The van der Waals surface area contributed by atoms with Crippen LogP contribution in [0.25, 0.3) is 0 Å². The van der Waals surface area contributed by atoms with Gasteiger partial charge in [0.25, 0.3) is 0 Å². The highest BCUT2D eigenvalue weighted by Crippen LogP contribution is 2.44. The van der Waals surface area contributed by atoms with Crippen LogP contribution in [0.5, 0.6) is 0 Å². The zero-order chi connectivity index (χ0) is 11.0. The lowest BCUT2D eigenvalue weighted by molar-refractivity contribution is -0.157. The van der Waals surface area contributed by atoms with Crippen LogP contribution in [0.15, 0.2) is 0 Å². The third-order valence-corrected chi connectivity index (χ3v) is 3.22. The summed E-state index contributed by atoms with van der Waals surface area (Å²) in [5.41, 5.74) is 0. The van der Waals surface area contributed by atoms with Crippen LogP contribution < -0.4 is 0 Å². The van der Waals surface area contributed by atoms with E-state index >= 15 is 0 Å². The predicted octanol–water partition coefficient (Wildman–Crippen LogP) is 0.126. The first-order valence-electron chi connectivity index (χ1n) is 5.00. The maximum absolute atomic E-state index is 11.5. The number of methoxy groups -OCH3 is 2. The molecule has 2 rings (SSSR count). The quantitative estimate of drug-likeness (QED) is 0.611. The summed E-state index contributed by atoms with van der Waals surface area (Å²) in [7, 11) is 2.64. The van der Waals surface area contributed by atoms with E-state index < -0.39 is 11.8 Å². The van der Waals surface area contributed by atoms with Crippen molar-refractivity contribution in [2.45, 2.75) is 25.0 Å². The number of rotatable bonds is 2. The van der Waals surface area contributed by atoms with E-state index in [4.69, 9.17) is 4.74 Å². The van der Waals surface area contributed by atoms with Gasteiger partial charge in [0.2, 0.25) is 0 Å². The normalized spacial score (nSPS) is 37.7. The lowest BCUT2D eigenvalue weighted by Gasteiger charge is -2.23. The summed E-state index contributed by atoms with van der Waals surface area (Å²) < 4.78 is 14.9. The van der Waals surface area contributed by atoms with Crippen LogP contribution in [0, 0.1) is 11.8 Å². The van der Waals surface area contributed by atoms with E-state index in [2.05, 4.69) is 9.47 Å². The lowest BCUT2D eigenvalue weighted by atomic mass is 9.79. The second-order valence-corrected chi connectivity index (χ2v) is 3.89. The minimum Gasteiger partial charge on any atom is -0.469 e. The van der Waals surface area contributed by atoms with Gasteiger partial charge in [-0.15, -0.1) is 0 Å². The fourth-order valence-corrected chi connectivity index (χ4v) is 2.55. The van der Waals surface area contributed by atoms with Crippen LogP contribution in [-0.2, 0) is 23.8 Å². The van der Waals surface area contributed by atoms with Crippen molar-refractivity contribution in [2.24, 2.45) is 11.8 Å². The molecule has 0 radical (unpaired) electrons. The summed E-state index contributed by atoms with van der Waals surface area (Å²) in [6, 6.07) is 0. The van der Waals surface area contributed by atoms with E-state index in [-0.39, 0.29) is 24.1 Å². The molecule has 4 atom stereocenters. The second-order valence-electron chi connectivity index (χ2n) is 3.89. The van der Waals surface area contributed by atoms with Gasteiger partial charge in [-0.3, -0.25) is 9.59 Å². The molecule has 2 saturated heterocycles. The standard InChI is InChI=1S/C10H14O5/c1-13-9(11)7-5-3-4-6(15-5)8(7)10(12)14-2/h5-8H,3-4H2,1-2H3/t5-,6+,7-,8-/m1/s1. The van der Waals surface area contributed by atoms with Crippen molar-refractivity contribution in [2.75, 3.05) is 14.2 Å². The molecule has 0 aliphatic carbocycles. The molecule has 5 nitrogen and oxygen atoms in total.